The summed E-state index contributed by atoms with van der Waals surface area (Å²) >= 11 is 3.21. The van der Waals surface area contributed by atoms with Crippen molar-refractivity contribution in [2.24, 2.45) is 0 Å². The summed E-state index contributed by atoms with van der Waals surface area (Å²) in [5, 5.41) is 0.647. The van der Waals surface area contributed by atoms with Crippen LogP contribution in [-0.2, 0) is 9.59 Å². The van der Waals surface area contributed by atoms with Crippen molar-refractivity contribution >= 4 is 27.7 Å². The highest BCUT2D eigenvalue weighted by Gasteiger charge is 2.20. The van der Waals surface area contributed by atoms with E-state index in [1.165, 1.54) is 4.90 Å². The van der Waals surface area contributed by atoms with Gasteiger partial charge in [-0.2, -0.15) is 0 Å². The van der Waals surface area contributed by atoms with Gasteiger partial charge in [0.1, 0.15) is 0 Å². The number of hydrogen-bond acceptors (Lipinski definition) is 2. The summed E-state index contributed by atoms with van der Waals surface area (Å²) in [6.07, 6.45) is 2.62. The van der Waals surface area contributed by atoms with E-state index < -0.39 is 0 Å². The van der Waals surface area contributed by atoms with Crippen molar-refractivity contribution in [2.75, 3.05) is 32.0 Å². The van der Waals surface area contributed by atoms with Crippen molar-refractivity contribution in [2.45, 2.75) is 19.3 Å². The fourth-order valence-electron chi connectivity index (χ4n) is 1.63. The Kier molecular flexibility index (Phi) is 5.08. The summed E-state index contributed by atoms with van der Waals surface area (Å²) in [6, 6.07) is 0. The minimum atomic E-state index is 0.0134. The fraction of sp³-hybridized carbons (Fsp3) is 0.800. The van der Waals surface area contributed by atoms with Gasteiger partial charge in [0.2, 0.25) is 11.8 Å². The molecule has 2 amide bonds. The number of likely N-dealkylation sites (N-methyl/N-ethyl adjacent to an activating group) is 1. The van der Waals surface area contributed by atoms with Gasteiger partial charge in [0.05, 0.1) is 6.54 Å². The van der Waals surface area contributed by atoms with E-state index in [4.69, 9.17) is 0 Å². The molecule has 0 N–H and O–H groups in total. The topological polar surface area (TPSA) is 40.6 Å². The lowest BCUT2D eigenvalue weighted by molar-refractivity contribution is -0.138. The molecule has 0 radical (unpaired) electrons. The molecule has 0 atom stereocenters. The minimum absolute atomic E-state index is 0.0134. The maximum Gasteiger partial charge on any atom is 0.242 e. The van der Waals surface area contributed by atoms with Crippen molar-refractivity contribution in [3.05, 3.63) is 0 Å². The minimum Gasteiger partial charge on any atom is -0.341 e. The molecule has 1 saturated heterocycles. The number of likely N-dealkylation sites (tertiary alicyclic amines) is 1. The first-order valence-corrected chi connectivity index (χ1v) is 6.35. The molecular formula is C10H17BrN2O2. The average molecular weight is 277 g/mol. The van der Waals surface area contributed by atoms with Crippen molar-refractivity contribution < 1.29 is 9.59 Å². The highest BCUT2D eigenvalue weighted by atomic mass is 79.9. The fourth-order valence-corrected chi connectivity index (χ4v) is 1.97. The summed E-state index contributed by atoms with van der Waals surface area (Å²) in [5.74, 6) is 0.0809. The number of alkyl halides is 1. The van der Waals surface area contributed by atoms with E-state index in [9.17, 15) is 9.59 Å². The molecule has 0 unspecified atom stereocenters. The van der Waals surface area contributed by atoms with Crippen molar-refractivity contribution in [3.8, 4) is 0 Å². The van der Waals surface area contributed by atoms with Crippen LogP contribution in [0.5, 0.6) is 0 Å². The number of rotatable bonds is 4. The van der Waals surface area contributed by atoms with Gasteiger partial charge in [-0.3, -0.25) is 9.59 Å². The third-order valence-corrected chi connectivity index (χ3v) is 2.96. The second-order valence-corrected chi connectivity index (χ2v) is 4.57. The molecule has 15 heavy (non-hydrogen) atoms. The van der Waals surface area contributed by atoms with Gasteiger partial charge in [-0.25, -0.2) is 0 Å². The average Bonchev–Trinajstić information content (AvgIpc) is 2.70. The van der Waals surface area contributed by atoms with Gasteiger partial charge in [-0.15, -0.1) is 0 Å². The molecule has 1 rings (SSSR count). The molecule has 0 spiro atoms. The van der Waals surface area contributed by atoms with Gasteiger partial charge in [0, 0.05) is 31.9 Å². The van der Waals surface area contributed by atoms with E-state index in [-0.39, 0.29) is 18.4 Å². The molecule has 0 saturated carbocycles. The first-order chi connectivity index (χ1) is 7.15. The van der Waals surface area contributed by atoms with Crippen LogP contribution in [0.3, 0.4) is 0 Å². The quantitative estimate of drug-likeness (QED) is 0.715. The third-order valence-electron chi connectivity index (χ3n) is 2.57. The zero-order chi connectivity index (χ0) is 11.3. The Morgan fingerprint density at radius 3 is 2.47 bits per heavy atom. The highest BCUT2D eigenvalue weighted by Crippen LogP contribution is 2.08. The summed E-state index contributed by atoms with van der Waals surface area (Å²) in [5.41, 5.74) is 0. The number of amides is 2. The summed E-state index contributed by atoms with van der Waals surface area (Å²) in [4.78, 5) is 26.4. The molecule has 1 heterocycles. The lowest BCUT2D eigenvalue weighted by atomic mass is 10.4. The number of carbonyl (C=O) groups is 2. The van der Waals surface area contributed by atoms with E-state index in [1.807, 2.05) is 4.90 Å². The van der Waals surface area contributed by atoms with Crippen LogP contribution in [0.25, 0.3) is 0 Å². The van der Waals surface area contributed by atoms with Crippen molar-refractivity contribution in [1.29, 1.82) is 0 Å². The Labute approximate surface area is 98.7 Å². The normalized spacial score (nSPS) is 15.5. The van der Waals surface area contributed by atoms with E-state index >= 15 is 0 Å². The summed E-state index contributed by atoms with van der Waals surface area (Å²) in [6.45, 7) is 1.91. The lowest BCUT2D eigenvalue weighted by Gasteiger charge is -2.21. The Morgan fingerprint density at radius 2 is 1.93 bits per heavy atom. The summed E-state index contributed by atoms with van der Waals surface area (Å²) in [7, 11) is 1.68. The molecular weight excluding hydrogens is 260 g/mol. The smallest absolute Gasteiger partial charge is 0.242 e. The molecule has 1 aliphatic rings. The predicted molar refractivity (Wildman–Crippen MR) is 61.9 cm³/mol. The predicted octanol–water partition coefficient (Wildman–Crippen LogP) is 0.852. The molecule has 0 aromatic carbocycles. The Bertz CT molecular complexity index is 240. The number of hydrogen-bond donors (Lipinski definition) is 0. The van der Waals surface area contributed by atoms with Gasteiger partial charge in [0.25, 0.3) is 0 Å². The van der Waals surface area contributed by atoms with Crippen LogP contribution in [0.1, 0.15) is 19.3 Å². The van der Waals surface area contributed by atoms with Gasteiger partial charge >= 0.3 is 0 Å². The van der Waals surface area contributed by atoms with Crippen LogP contribution in [0.4, 0.5) is 0 Å². The Morgan fingerprint density at radius 1 is 1.33 bits per heavy atom. The zero-order valence-electron chi connectivity index (χ0n) is 9.04. The van der Waals surface area contributed by atoms with Crippen LogP contribution < -0.4 is 0 Å². The third kappa shape index (κ3) is 3.81. The van der Waals surface area contributed by atoms with Crippen LogP contribution in [0.2, 0.25) is 0 Å². The Balaban J connectivity index is 2.33. The second-order valence-electron chi connectivity index (χ2n) is 3.78. The van der Waals surface area contributed by atoms with E-state index in [1.54, 1.807) is 7.05 Å². The van der Waals surface area contributed by atoms with Gasteiger partial charge in [0.15, 0.2) is 0 Å². The van der Waals surface area contributed by atoms with Crippen LogP contribution >= 0.6 is 15.9 Å². The van der Waals surface area contributed by atoms with Crippen molar-refractivity contribution in [1.82, 2.24) is 9.80 Å². The number of carbonyl (C=O) groups excluding carboxylic acids is 2. The molecule has 1 fully saturated rings. The molecule has 1 aliphatic heterocycles. The Hall–Kier alpha value is -0.580. The highest BCUT2D eigenvalue weighted by molar-refractivity contribution is 9.09. The summed E-state index contributed by atoms with van der Waals surface area (Å²) < 4.78 is 0. The molecule has 5 heteroatoms. The van der Waals surface area contributed by atoms with Crippen molar-refractivity contribution in [3.63, 3.8) is 0 Å². The number of nitrogens with zero attached hydrogens (tertiary/aromatic N) is 2. The van der Waals surface area contributed by atoms with Gasteiger partial charge in [-0.05, 0) is 12.8 Å². The standard InChI is InChI=1S/C10H17BrN2O2/c1-12(9(14)4-5-11)8-10(15)13-6-2-3-7-13/h2-8H2,1H3. The van der Waals surface area contributed by atoms with Gasteiger partial charge in [-0.1, -0.05) is 15.9 Å². The molecule has 86 valence electrons. The largest absolute Gasteiger partial charge is 0.341 e. The van der Waals surface area contributed by atoms with Gasteiger partial charge < -0.3 is 9.80 Å². The molecule has 0 bridgehead atoms. The first kappa shape index (κ1) is 12.5. The molecule has 0 aliphatic carbocycles. The monoisotopic (exact) mass is 276 g/mol. The second kappa shape index (κ2) is 6.10. The number of halogens is 1. The van der Waals surface area contributed by atoms with Crippen LogP contribution in [0, 0.1) is 0 Å². The van der Waals surface area contributed by atoms with E-state index in [0.29, 0.717) is 11.8 Å². The first-order valence-electron chi connectivity index (χ1n) is 5.23. The molecule has 4 nitrogen and oxygen atoms in total. The maximum atomic E-state index is 11.7. The van der Waals surface area contributed by atoms with E-state index in [2.05, 4.69) is 15.9 Å². The van der Waals surface area contributed by atoms with Crippen LogP contribution in [-0.4, -0.2) is 53.6 Å². The van der Waals surface area contributed by atoms with E-state index in [0.717, 1.165) is 25.9 Å². The zero-order valence-corrected chi connectivity index (χ0v) is 10.6. The molecule has 0 aromatic rings. The SMILES string of the molecule is CN(CC(=O)N1CCCC1)C(=O)CCBr. The van der Waals surface area contributed by atoms with Crippen LogP contribution in [0.15, 0.2) is 0 Å². The molecule has 0 aromatic heterocycles. The maximum absolute atomic E-state index is 11.7. The lowest BCUT2D eigenvalue weighted by Crippen LogP contribution is -2.39.